The second-order valence-corrected chi connectivity index (χ2v) is 3.73. The molecule has 1 aromatic rings. The Bertz CT molecular complexity index is 289. The Morgan fingerprint density at radius 3 is 2.75 bits per heavy atom. The maximum absolute atomic E-state index is 5.64. The summed E-state index contributed by atoms with van der Waals surface area (Å²) in [5, 5.41) is 0. The molecule has 0 amide bonds. The van der Waals surface area contributed by atoms with Crippen LogP contribution in [0.2, 0.25) is 0 Å². The van der Waals surface area contributed by atoms with Crippen LogP contribution in [0.5, 0.6) is 5.75 Å². The molecule has 0 bridgehead atoms. The molecule has 0 radical (unpaired) electrons. The van der Waals surface area contributed by atoms with E-state index in [2.05, 4.69) is 12.1 Å². The van der Waals surface area contributed by atoms with Crippen LogP contribution in [0.3, 0.4) is 0 Å². The third kappa shape index (κ3) is 5.14. The monoisotopic (exact) mass is 223 g/mol. The molecule has 0 saturated heterocycles. The van der Waals surface area contributed by atoms with Crippen LogP contribution in [0.15, 0.2) is 24.3 Å². The van der Waals surface area contributed by atoms with Crippen LogP contribution in [0.4, 0.5) is 0 Å². The summed E-state index contributed by atoms with van der Waals surface area (Å²) in [5.41, 5.74) is 6.74. The highest BCUT2D eigenvalue weighted by Gasteiger charge is 1.96. The third-order valence-electron chi connectivity index (χ3n) is 2.34. The van der Waals surface area contributed by atoms with Crippen LogP contribution < -0.4 is 10.5 Å². The smallest absolute Gasteiger partial charge is 0.119 e. The molecule has 0 aliphatic rings. The molecule has 0 saturated carbocycles. The largest absolute Gasteiger partial charge is 0.494 e. The average molecular weight is 223 g/mol. The second-order valence-electron chi connectivity index (χ2n) is 3.73. The zero-order valence-electron chi connectivity index (χ0n) is 9.95. The molecule has 1 rings (SSSR count). The lowest BCUT2D eigenvalue weighted by atomic mass is 10.1. The number of methoxy groups -OCH3 is 1. The van der Waals surface area contributed by atoms with Crippen LogP contribution >= 0.6 is 0 Å². The van der Waals surface area contributed by atoms with Gasteiger partial charge in [-0.2, -0.15) is 0 Å². The molecular weight excluding hydrogens is 202 g/mol. The lowest BCUT2D eigenvalue weighted by Crippen LogP contribution is -2.03. The summed E-state index contributed by atoms with van der Waals surface area (Å²) >= 11 is 0. The van der Waals surface area contributed by atoms with Crippen molar-refractivity contribution in [3.05, 3.63) is 29.8 Å². The number of benzene rings is 1. The van der Waals surface area contributed by atoms with E-state index in [1.807, 2.05) is 12.1 Å². The van der Waals surface area contributed by atoms with Crippen LogP contribution in [0.1, 0.15) is 18.4 Å². The SMILES string of the molecule is COCCCCOc1cccc(CCN)c1. The number of hydrogen-bond acceptors (Lipinski definition) is 3. The molecule has 0 aliphatic heterocycles. The molecule has 0 spiro atoms. The number of hydrogen-bond donors (Lipinski definition) is 1. The quantitative estimate of drug-likeness (QED) is 0.685. The topological polar surface area (TPSA) is 44.5 Å². The molecule has 0 atom stereocenters. The summed E-state index contributed by atoms with van der Waals surface area (Å²) in [6.07, 6.45) is 2.97. The molecule has 90 valence electrons. The second kappa shape index (κ2) is 8.13. The summed E-state index contributed by atoms with van der Waals surface area (Å²) in [7, 11) is 1.72. The van der Waals surface area contributed by atoms with Crippen LogP contribution in [0, 0.1) is 0 Å². The first-order valence-electron chi connectivity index (χ1n) is 5.77. The Morgan fingerprint density at radius 1 is 1.19 bits per heavy atom. The molecule has 0 fully saturated rings. The van der Waals surface area contributed by atoms with Gasteiger partial charge in [-0.15, -0.1) is 0 Å². The van der Waals surface area contributed by atoms with Crippen molar-refractivity contribution in [3.63, 3.8) is 0 Å². The van der Waals surface area contributed by atoms with Crippen molar-refractivity contribution in [2.24, 2.45) is 5.73 Å². The van der Waals surface area contributed by atoms with Gasteiger partial charge in [0.15, 0.2) is 0 Å². The Kier molecular flexibility index (Phi) is 6.61. The van der Waals surface area contributed by atoms with Gasteiger partial charge in [0.25, 0.3) is 0 Å². The van der Waals surface area contributed by atoms with Gasteiger partial charge in [0.05, 0.1) is 6.61 Å². The minimum atomic E-state index is 0.678. The summed E-state index contributed by atoms with van der Waals surface area (Å²) in [4.78, 5) is 0. The van der Waals surface area contributed by atoms with Crippen molar-refractivity contribution in [1.82, 2.24) is 0 Å². The fourth-order valence-corrected chi connectivity index (χ4v) is 1.50. The van der Waals surface area contributed by atoms with Gasteiger partial charge >= 0.3 is 0 Å². The van der Waals surface area contributed by atoms with E-state index in [-0.39, 0.29) is 0 Å². The first-order valence-corrected chi connectivity index (χ1v) is 5.77. The molecule has 1 aromatic carbocycles. The van der Waals surface area contributed by atoms with Gasteiger partial charge in [0.1, 0.15) is 5.75 Å². The van der Waals surface area contributed by atoms with E-state index in [9.17, 15) is 0 Å². The molecule has 0 aliphatic carbocycles. The van der Waals surface area contributed by atoms with E-state index in [1.54, 1.807) is 7.11 Å². The Hall–Kier alpha value is -1.06. The zero-order chi connectivity index (χ0) is 11.6. The van der Waals surface area contributed by atoms with Crippen molar-refractivity contribution >= 4 is 0 Å². The van der Waals surface area contributed by atoms with E-state index < -0.39 is 0 Å². The fourth-order valence-electron chi connectivity index (χ4n) is 1.50. The van der Waals surface area contributed by atoms with E-state index in [0.717, 1.165) is 38.2 Å². The molecule has 2 N–H and O–H groups in total. The van der Waals surface area contributed by atoms with Crippen molar-refractivity contribution in [2.75, 3.05) is 26.9 Å². The standard InChI is InChI=1S/C13H21NO2/c1-15-9-2-3-10-16-13-6-4-5-12(11-13)7-8-14/h4-6,11H,2-3,7-10,14H2,1H3. The Morgan fingerprint density at radius 2 is 2.00 bits per heavy atom. The van der Waals surface area contributed by atoms with Crippen molar-refractivity contribution in [1.29, 1.82) is 0 Å². The molecule has 3 heteroatoms. The highest BCUT2D eigenvalue weighted by Crippen LogP contribution is 2.13. The van der Waals surface area contributed by atoms with Gasteiger partial charge in [0.2, 0.25) is 0 Å². The van der Waals surface area contributed by atoms with Crippen LogP contribution in [-0.4, -0.2) is 26.9 Å². The summed E-state index contributed by atoms with van der Waals surface area (Å²) in [6.45, 7) is 2.23. The van der Waals surface area contributed by atoms with Crippen molar-refractivity contribution in [3.8, 4) is 5.75 Å². The predicted octanol–water partition coefficient (Wildman–Crippen LogP) is 1.99. The number of rotatable bonds is 8. The lowest BCUT2D eigenvalue weighted by Gasteiger charge is -2.07. The van der Waals surface area contributed by atoms with Gasteiger partial charge in [-0.25, -0.2) is 0 Å². The maximum Gasteiger partial charge on any atom is 0.119 e. The highest BCUT2D eigenvalue weighted by atomic mass is 16.5. The van der Waals surface area contributed by atoms with Gasteiger partial charge in [-0.05, 0) is 43.5 Å². The van der Waals surface area contributed by atoms with Gasteiger partial charge < -0.3 is 15.2 Å². The Labute approximate surface area is 97.6 Å². The highest BCUT2D eigenvalue weighted by molar-refractivity contribution is 5.28. The predicted molar refractivity (Wildman–Crippen MR) is 65.8 cm³/mol. The van der Waals surface area contributed by atoms with E-state index in [0.29, 0.717) is 6.54 Å². The van der Waals surface area contributed by atoms with E-state index in [1.165, 1.54) is 5.56 Å². The summed E-state index contributed by atoms with van der Waals surface area (Å²) < 4.78 is 10.6. The molecule has 16 heavy (non-hydrogen) atoms. The Balaban J connectivity index is 2.27. The van der Waals surface area contributed by atoms with Crippen LogP contribution in [0.25, 0.3) is 0 Å². The first-order chi connectivity index (χ1) is 7.86. The minimum absolute atomic E-state index is 0.678. The number of nitrogens with two attached hydrogens (primary N) is 1. The van der Waals surface area contributed by atoms with Gasteiger partial charge in [-0.3, -0.25) is 0 Å². The third-order valence-corrected chi connectivity index (χ3v) is 2.34. The molecular formula is C13H21NO2. The average Bonchev–Trinajstić information content (AvgIpc) is 2.30. The normalized spacial score (nSPS) is 10.4. The van der Waals surface area contributed by atoms with Crippen molar-refractivity contribution < 1.29 is 9.47 Å². The van der Waals surface area contributed by atoms with E-state index >= 15 is 0 Å². The maximum atomic E-state index is 5.64. The minimum Gasteiger partial charge on any atom is -0.494 e. The first kappa shape index (κ1) is 13.0. The molecule has 0 unspecified atom stereocenters. The van der Waals surface area contributed by atoms with E-state index in [4.69, 9.17) is 15.2 Å². The fraction of sp³-hybridized carbons (Fsp3) is 0.538. The molecule has 0 heterocycles. The number of ether oxygens (including phenoxy) is 2. The lowest BCUT2D eigenvalue weighted by molar-refractivity contribution is 0.184. The summed E-state index contributed by atoms with van der Waals surface area (Å²) in [5.74, 6) is 0.934. The van der Waals surface area contributed by atoms with Gasteiger partial charge in [0, 0.05) is 13.7 Å². The molecule has 3 nitrogen and oxygen atoms in total. The van der Waals surface area contributed by atoms with Crippen LogP contribution in [-0.2, 0) is 11.2 Å². The zero-order valence-corrected chi connectivity index (χ0v) is 9.95. The summed E-state index contributed by atoms with van der Waals surface area (Å²) in [6, 6.07) is 8.12. The molecule has 0 aromatic heterocycles. The van der Waals surface area contributed by atoms with Crippen molar-refractivity contribution in [2.45, 2.75) is 19.3 Å². The van der Waals surface area contributed by atoms with Gasteiger partial charge in [-0.1, -0.05) is 12.1 Å². The number of unbranched alkanes of at least 4 members (excludes halogenated alkanes) is 1.